The first-order valence-corrected chi connectivity index (χ1v) is 14.1. The Hall–Kier alpha value is -7.49. The molecule has 0 bridgehead atoms. The van der Waals surface area contributed by atoms with Crippen LogP contribution in [-0.4, -0.2) is 9.97 Å². The fourth-order valence-corrected chi connectivity index (χ4v) is 5.82. The Balaban J connectivity index is 2.00. The number of hydrogen-bond acceptors (Lipinski definition) is 8. The number of fused-ring (bicyclic) bond motifs is 2. The van der Waals surface area contributed by atoms with E-state index in [4.69, 9.17) is 0 Å². The summed E-state index contributed by atoms with van der Waals surface area (Å²) in [6, 6.07) is 8.47. The highest BCUT2D eigenvalue weighted by atomic mass is 19.4. The molecule has 0 fully saturated rings. The van der Waals surface area contributed by atoms with E-state index in [1.54, 1.807) is 0 Å². The molecule has 0 atom stereocenters. The van der Waals surface area contributed by atoms with Crippen LogP contribution >= 0.6 is 0 Å². The summed E-state index contributed by atoms with van der Waals surface area (Å²) in [4.78, 5) is 5.09. The van der Waals surface area contributed by atoms with Crippen molar-refractivity contribution in [3.63, 3.8) is 0 Å². The minimum Gasteiger partial charge on any atom is -0.239 e. The molecule has 0 amide bonds. The summed E-state index contributed by atoms with van der Waals surface area (Å²) in [5.41, 5.74) is -23.9. The first kappa shape index (κ1) is 38.7. The van der Waals surface area contributed by atoms with Crippen molar-refractivity contribution in [2.45, 2.75) is 24.7 Å². The van der Waals surface area contributed by atoms with Crippen molar-refractivity contribution in [1.29, 1.82) is 31.6 Å². The van der Waals surface area contributed by atoms with Crippen molar-refractivity contribution in [1.82, 2.24) is 9.97 Å². The molecule has 272 valence electrons. The third kappa shape index (κ3) is 6.34. The van der Waals surface area contributed by atoms with Gasteiger partial charge in [-0.25, -0.2) is 14.4 Å². The Morgan fingerprint density at radius 3 is 1.13 bits per heavy atom. The van der Waals surface area contributed by atoms with Gasteiger partial charge in [0, 0.05) is 39.0 Å². The zero-order chi connectivity index (χ0) is 41.2. The summed E-state index contributed by atoms with van der Waals surface area (Å²) in [5, 5.41) is 59.5. The first-order chi connectivity index (χ1) is 25.5. The molecular weight excluding hydrogens is 767 g/mol. The number of allylic oxidation sites excluding steroid dienone is 8. The number of rotatable bonds is 2. The number of halogens is 13. The van der Waals surface area contributed by atoms with Gasteiger partial charge in [0.05, 0.1) is 11.1 Å². The zero-order valence-corrected chi connectivity index (χ0v) is 25.9. The van der Waals surface area contributed by atoms with Crippen molar-refractivity contribution >= 4 is 33.4 Å². The normalized spacial score (nSPS) is 13.9. The van der Waals surface area contributed by atoms with Gasteiger partial charge in [-0.2, -0.15) is 84.3 Å². The SMILES string of the molecule is N#CC(C#N)=C1C(c2cc(C(F)(F)F)nc(C(F)(F)F)c2)=C(C#N)c2c1cc1c(c2F)C(=C(C#N)C#N)C(c2cc(C(F)(F)F)nc(C(F)(F)F)c2)=C1C#N. The summed E-state index contributed by atoms with van der Waals surface area (Å²) in [7, 11) is 0. The predicted octanol–water partition coefficient (Wildman–Crippen LogP) is 9.19. The lowest BCUT2D eigenvalue weighted by Gasteiger charge is -2.15. The first-order valence-electron chi connectivity index (χ1n) is 14.1. The molecule has 2 aliphatic carbocycles. The molecule has 55 heavy (non-hydrogen) atoms. The molecule has 0 spiro atoms. The van der Waals surface area contributed by atoms with Gasteiger partial charge in [-0.15, -0.1) is 0 Å². The van der Waals surface area contributed by atoms with E-state index in [0.717, 1.165) is 0 Å². The lowest BCUT2D eigenvalue weighted by Crippen LogP contribution is -2.15. The zero-order valence-electron chi connectivity index (χ0n) is 25.9. The lowest BCUT2D eigenvalue weighted by atomic mass is 9.89. The van der Waals surface area contributed by atoms with E-state index >= 15 is 4.39 Å². The van der Waals surface area contributed by atoms with E-state index in [1.165, 1.54) is 36.4 Å². The molecule has 0 N–H and O–H groups in total. The fourth-order valence-electron chi connectivity index (χ4n) is 5.82. The number of nitriles is 6. The highest BCUT2D eigenvalue weighted by molar-refractivity contribution is 6.30. The quantitative estimate of drug-likeness (QED) is 0.183. The van der Waals surface area contributed by atoms with Crippen molar-refractivity contribution in [2.24, 2.45) is 0 Å². The Morgan fingerprint density at radius 1 is 0.455 bits per heavy atom. The van der Waals surface area contributed by atoms with E-state index in [1.807, 2.05) is 0 Å². The largest absolute Gasteiger partial charge is 0.433 e. The average Bonchev–Trinajstić information content (AvgIpc) is 3.61. The Labute approximate surface area is 296 Å². The monoisotopic (exact) mass is 772 g/mol. The van der Waals surface area contributed by atoms with Crippen LogP contribution < -0.4 is 0 Å². The smallest absolute Gasteiger partial charge is 0.239 e. The van der Waals surface area contributed by atoms with Crippen LogP contribution in [0.1, 0.15) is 56.2 Å². The second-order valence-electron chi connectivity index (χ2n) is 11.0. The molecule has 1 aromatic carbocycles. The molecule has 2 aromatic heterocycles. The van der Waals surface area contributed by atoms with Gasteiger partial charge in [-0.05, 0) is 47.0 Å². The van der Waals surface area contributed by atoms with E-state index in [-0.39, 0.29) is 24.3 Å². The van der Waals surface area contributed by atoms with Gasteiger partial charge in [-0.1, -0.05) is 0 Å². The molecule has 2 heterocycles. The molecule has 5 rings (SSSR count). The highest BCUT2D eigenvalue weighted by Gasteiger charge is 2.45. The summed E-state index contributed by atoms with van der Waals surface area (Å²) >= 11 is 0. The van der Waals surface area contributed by atoms with Crippen LogP contribution in [0.5, 0.6) is 0 Å². The number of hydrogen-bond donors (Lipinski definition) is 0. The van der Waals surface area contributed by atoms with Crippen molar-refractivity contribution < 1.29 is 57.1 Å². The molecule has 0 unspecified atom stereocenters. The van der Waals surface area contributed by atoms with Crippen molar-refractivity contribution in [3.8, 4) is 36.4 Å². The average molecular weight is 772 g/mol. The Kier molecular flexibility index (Phi) is 9.06. The van der Waals surface area contributed by atoms with Crippen molar-refractivity contribution in [2.75, 3.05) is 0 Å². The summed E-state index contributed by atoms with van der Waals surface area (Å²) < 4.78 is 183. The maximum absolute atomic E-state index is 17.1. The van der Waals surface area contributed by atoms with Gasteiger partial charge < -0.3 is 0 Å². The maximum atomic E-state index is 17.1. The van der Waals surface area contributed by atoms with Crippen LogP contribution in [0.25, 0.3) is 33.4 Å². The molecular formula is C34H5F13N8. The molecule has 0 saturated heterocycles. The minimum atomic E-state index is -5.59. The number of aromatic nitrogens is 2. The van der Waals surface area contributed by atoms with Gasteiger partial charge >= 0.3 is 24.7 Å². The predicted molar refractivity (Wildman–Crippen MR) is 156 cm³/mol. The maximum Gasteiger partial charge on any atom is 0.433 e. The minimum absolute atomic E-state index is 0.0147. The van der Waals surface area contributed by atoms with Gasteiger partial charge in [0.1, 0.15) is 76.2 Å². The van der Waals surface area contributed by atoms with E-state index in [9.17, 15) is 84.3 Å². The molecule has 0 aliphatic heterocycles. The number of alkyl halides is 12. The van der Waals surface area contributed by atoms with E-state index in [0.29, 0.717) is 6.07 Å². The molecule has 21 heteroatoms. The van der Waals surface area contributed by atoms with Gasteiger partial charge in [-0.3, -0.25) is 0 Å². The van der Waals surface area contributed by atoms with E-state index in [2.05, 4.69) is 9.97 Å². The van der Waals surface area contributed by atoms with Crippen LogP contribution in [0.15, 0.2) is 41.5 Å². The topological polar surface area (TPSA) is 169 Å². The van der Waals surface area contributed by atoms with Crippen LogP contribution in [0, 0.1) is 73.8 Å². The van der Waals surface area contributed by atoms with Crippen LogP contribution in [0.2, 0.25) is 0 Å². The summed E-state index contributed by atoms with van der Waals surface area (Å²) in [6.07, 6.45) is -22.3. The van der Waals surface area contributed by atoms with Gasteiger partial charge in [0.25, 0.3) is 0 Å². The second kappa shape index (κ2) is 12.9. The standard InChI is InChI=1S/C34H5F13N8/c35-30-28-17(26(14(6-48)7-49)25(19(28)11-53)13-3-22(33(42,43)44)55-23(4-13)34(45,46)47)5-16-18(10-52)24(27(29(16)30)15(8-50)9-51)12-1-20(31(36,37)38)54-21(2-12)32(39,40)41/h1-5H. The summed E-state index contributed by atoms with van der Waals surface area (Å²) in [5.74, 6) is -1.84. The molecule has 3 aromatic rings. The molecule has 0 saturated carbocycles. The van der Waals surface area contributed by atoms with Gasteiger partial charge in [0.15, 0.2) is 0 Å². The fraction of sp³-hybridized carbons (Fsp3) is 0.118. The molecule has 0 radical (unpaired) electrons. The Morgan fingerprint density at radius 2 is 0.800 bits per heavy atom. The van der Waals surface area contributed by atoms with E-state index < -0.39 is 131 Å². The highest BCUT2D eigenvalue weighted by Crippen LogP contribution is 2.56. The van der Waals surface area contributed by atoms with Gasteiger partial charge in [0.2, 0.25) is 0 Å². The Bertz CT molecular complexity index is 2570. The third-order valence-corrected chi connectivity index (χ3v) is 7.87. The second-order valence-corrected chi connectivity index (χ2v) is 11.0. The number of nitrogens with zero attached hydrogens (tertiary/aromatic N) is 8. The van der Waals surface area contributed by atoms with Crippen LogP contribution in [0.4, 0.5) is 57.1 Å². The van der Waals surface area contributed by atoms with Crippen molar-refractivity contribution in [3.05, 3.63) is 103 Å². The van der Waals surface area contributed by atoms with Crippen LogP contribution in [0.3, 0.4) is 0 Å². The third-order valence-electron chi connectivity index (χ3n) is 7.87. The summed E-state index contributed by atoms with van der Waals surface area (Å²) in [6.45, 7) is 0. The van der Waals surface area contributed by atoms with Crippen LogP contribution in [-0.2, 0) is 24.7 Å². The molecule has 2 aliphatic rings. The lowest BCUT2D eigenvalue weighted by molar-refractivity contribution is -0.151. The number of benzene rings is 1. The number of pyridine rings is 2. The molecule has 8 nitrogen and oxygen atoms in total.